The molecule has 0 atom stereocenters. The van der Waals surface area contributed by atoms with Crippen LogP contribution >= 0.6 is 0 Å². The monoisotopic (exact) mass is 415 g/mol. The van der Waals surface area contributed by atoms with Crippen molar-refractivity contribution in [3.63, 3.8) is 0 Å². The number of hydrogen-bond acceptors (Lipinski definition) is 6. The number of ether oxygens (including phenoxy) is 1. The van der Waals surface area contributed by atoms with Crippen LogP contribution in [0, 0.1) is 13.8 Å². The van der Waals surface area contributed by atoms with Crippen LogP contribution < -0.4 is 5.56 Å². The second-order valence-electron chi connectivity index (χ2n) is 6.76. The molecule has 9 heteroatoms. The Bertz CT molecular complexity index is 1220. The van der Waals surface area contributed by atoms with Gasteiger partial charge in [0.05, 0.1) is 10.6 Å². The lowest BCUT2D eigenvalue weighted by molar-refractivity contribution is -0.145. The summed E-state index contributed by atoms with van der Waals surface area (Å²) < 4.78 is 32.5. The molecular weight excluding hydrogens is 394 g/mol. The molecule has 0 bridgehead atoms. The van der Waals surface area contributed by atoms with Crippen molar-refractivity contribution in [2.45, 2.75) is 25.3 Å². The van der Waals surface area contributed by atoms with Crippen LogP contribution in [-0.2, 0) is 26.2 Å². The lowest BCUT2D eigenvalue weighted by Crippen LogP contribution is -2.33. The molecule has 0 fully saturated rings. The van der Waals surface area contributed by atoms with Crippen molar-refractivity contribution in [1.29, 1.82) is 0 Å². The first-order valence-electron chi connectivity index (χ1n) is 8.84. The SMILES string of the molecule is Cc1ccc(S(=O)(=O)N(C)CC(=O)OCc2cc(=O)n3cc(C)ccc3n2)cc1. The van der Waals surface area contributed by atoms with Crippen molar-refractivity contribution in [2.24, 2.45) is 0 Å². The highest BCUT2D eigenvalue weighted by Crippen LogP contribution is 2.15. The molecule has 0 aliphatic heterocycles. The summed E-state index contributed by atoms with van der Waals surface area (Å²) >= 11 is 0. The molecule has 0 saturated carbocycles. The Morgan fingerprint density at radius 3 is 2.45 bits per heavy atom. The van der Waals surface area contributed by atoms with Gasteiger partial charge in [-0.3, -0.25) is 14.0 Å². The highest BCUT2D eigenvalue weighted by atomic mass is 32.2. The number of aromatic nitrogens is 2. The predicted octanol–water partition coefficient (Wildman–Crippen LogP) is 1.68. The Labute approximate surface area is 168 Å². The predicted molar refractivity (Wildman–Crippen MR) is 107 cm³/mol. The summed E-state index contributed by atoms with van der Waals surface area (Å²) in [7, 11) is -2.50. The van der Waals surface area contributed by atoms with E-state index in [0.29, 0.717) is 5.65 Å². The largest absolute Gasteiger partial charge is 0.458 e. The van der Waals surface area contributed by atoms with Crippen molar-refractivity contribution < 1.29 is 17.9 Å². The van der Waals surface area contributed by atoms with Crippen LogP contribution in [0.2, 0.25) is 0 Å². The average molecular weight is 415 g/mol. The molecule has 0 N–H and O–H groups in total. The number of sulfonamides is 1. The van der Waals surface area contributed by atoms with Gasteiger partial charge in [-0.15, -0.1) is 0 Å². The standard InChI is InChI=1S/C20H21N3O5S/c1-14-4-7-17(8-5-14)29(26,27)22(3)12-20(25)28-13-16-10-19(24)23-11-15(2)6-9-18(23)21-16/h4-11H,12-13H2,1-3H3. The first-order chi connectivity index (χ1) is 13.7. The fraction of sp³-hybridized carbons (Fsp3) is 0.250. The molecular formula is C20H21N3O5S. The lowest BCUT2D eigenvalue weighted by atomic mass is 10.2. The summed E-state index contributed by atoms with van der Waals surface area (Å²) in [5.74, 6) is -0.742. The topological polar surface area (TPSA) is 98.0 Å². The summed E-state index contributed by atoms with van der Waals surface area (Å²) in [5.41, 5.74) is 2.28. The van der Waals surface area contributed by atoms with Crippen LogP contribution in [-0.4, -0.2) is 41.7 Å². The Morgan fingerprint density at radius 2 is 1.76 bits per heavy atom. The van der Waals surface area contributed by atoms with Gasteiger partial charge < -0.3 is 4.74 Å². The van der Waals surface area contributed by atoms with E-state index >= 15 is 0 Å². The molecule has 0 amide bonds. The van der Waals surface area contributed by atoms with Gasteiger partial charge in [0.2, 0.25) is 10.0 Å². The Kier molecular flexibility index (Phi) is 5.81. The highest BCUT2D eigenvalue weighted by molar-refractivity contribution is 7.89. The minimum atomic E-state index is -3.81. The molecule has 3 aromatic rings. The lowest BCUT2D eigenvalue weighted by Gasteiger charge is -2.16. The molecule has 2 heterocycles. The van der Waals surface area contributed by atoms with Gasteiger partial charge in [0, 0.05) is 19.3 Å². The molecule has 152 valence electrons. The van der Waals surface area contributed by atoms with Crippen molar-refractivity contribution in [2.75, 3.05) is 13.6 Å². The van der Waals surface area contributed by atoms with Crippen molar-refractivity contribution >= 4 is 21.6 Å². The van der Waals surface area contributed by atoms with E-state index in [-0.39, 0.29) is 22.8 Å². The summed E-state index contributed by atoms with van der Waals surface area (Å²) in [5, 5.41) is 0. The van der Waals surface area contributed by atoms with E-state index in [1.54, 1.807) is 24.4 Å². The molecule has 8 nitrogen and oxygen atoms in total. The molecule has 0 saturated heterocycles. The Balaban J connectivity index is 1.66. The van der Waals surface area contributed by atoms with Crippen LogP contribution in [0.25, 0.3) is 5.65 Å². The van der Waals surface area contributed by atoms with E-state index in [4.69, 9.17) is 4.74 Å². The maximum atomic E-state index is 12.5. The van der Waals surface area contributed by atoms with E-state index in [2.05, 4.69) is 4.98 Å². The number of pyridine rings is 1. The number of esters is 1. The maximum Gasteiger partial charge on any atom is 0.321 e. The van der Waals surface area contributed by atoms with Crippen LogP contribution in [0.3, 0.4) is 0 Å². The number of carbonyl (C=O) groups is 1. The van der Waals surface area contributed by atoms with Crippen LogP contribution in [0.5, 0.6) is 0 Å². The third kappa shape index (κ3) is 4.69. The van der Waals surface area contributed by atoms with E-state index in [1.165, 1.54) is 29.6 Å². The summed E-state index contributed by atoms with van der Waals surface area (Å²) in [4.78, 5) is 28.7. The third-order valence-electron chi connectivity index (χ3n) is 4.32. The number of aryl methyl sites for hydroxylation is 2. The fourth-order valence-corrected chi connectivity index (χ4v) is 3.80. The second kappa shape index (κ2) is 8.14. The zero-order chi connectivity index (χ0) is 21.2. The van der Waals surface area contributed by atoms with Gasteiger partial charge in [-0.1, -0.05) is 23.8 Å². The zero-order valence-corrected chi connectivity index (χ0v) is 17.1. The van der Waals surface area contributed by atoms with Crippen LogP contribution in [0.4, 0.5) is 0 Å². The number of rotatable bonds is 6. The molecule has 3 rings (SSSR count). The summed E-state index contributed by atoms with van der Waals surface area (Å²) in [6.07, 6.45) is 1.67. The first-order valence-corrected chi connectivity index (χ1v) is 10.3. The number of fused-ring (bicyclic) bond motifs is 1. The molecule has 1 aromatic carbocycles. The van der Waals surface area contributed by atoms with Gasteiger partial charge in [-0.2, -0.15) is 4.31 Å². The van der Waals surface area contributed by atoms with Gasteiger partial charge in [-0.05, 0) is 37.6 Å². The number of benzene rings is 1. The van der Waals surface area contributed by atoms with Gasteiger partial charge in [0.25, 0.3) is 5.56 Å². The number of likely N-dealkylation sites (N-methyl/N-ethyl adjacent to an activating group) is 1. The van der Waals surface area contributed by atoms with Gasteiger partial charge >= 0.3 is 5.97 Å². The van der Waals surface area contributed by atoms with E-state index in [0.717, 1.165) is 15.4 Å². The normalized spacial score (nSPS) is 11.7. The summed E-state index contributed by atoms with van der Waals surface area (Å²) in [6.45, 7) is 3.03. The fourth-order valence-electron chi connectivity index (χ4n) is 2.69. The molecule has 0 spiro atoms. The van der Waals surface area contributed by atoms with E-state index in [1.807, 2.05) is 19.9 Å². The first kappa shape index (κ1) is 20.7. The minimum absolute atomic E-state index is 0.0953. The molecule has 0 unspecified atom stereocenters. The maximum absolute atomic E-state index is 12.5. The van der Waals surface area contributed by atoms with Gasteiger partial charge in [0.15, 0.2) is 0 Å². The van der Waals surface area contributed by atoms with Crippen molar-refractivity contribution in [3.8, 4) is 0 Å². The smallest absolute Gasteiger partial charge is 0.321 e. The Morgan fingerprint density at radius 1 is 1.10 bits per heavy atom. The number of hydrogen-bond donors (Lipinski definition) is 0. The highest BCUT2D eigenvalue weighted by Gasteiger charge is 2.23. The number of nitrogens with zero attached hydrogens (tertiary/aromatic N) is 3. The molecule has 0 aliphatic carbocycles. The molecule has 29 heavy (non-hydrogen) atoms. The van der Waals surface area contributed by atoms with E-state index < -0.39 is 22.5 Å². The Hall–Kier alpha value is -3.04. The van der Waals surface area contributed by atoms with Crippen molar-refractivity contribution in [3.05, 3.63) is 75.8 Å². The van der Waals surface area contributed by atoms with Crippen LogP contribution in [0.15, 0.2) is 58.4 Å². The van der Waals surface area contributed by atoms with E-state index in [9.17, 15) is 18.0 Å². The van der Waals surface area contributed by atoms with Gasteiger partial charge in [0.1, 0.15) is 18.8 Å². The molecule has 0 aliphatic rings. The molecule has 0 radical (unpaired) electrons. The average Bonchev–Trinajstić information content (AvgIpc) is 2.67. The minimum Gasteiger partial charge on any atom is -0.458 e. The quantitative estimate of drug-likeness (QED) is 0.568. The van der Waals surface area contributed by atoms with Crippen molar-refractivity contribution in [1.82, 2.24) is 13.7 Å². The zero-order valence-electron chi connectivity index (χ0n) is 16.3. The second-order valence-corrected chi connectivity index (χ2v) is 8.80. The summed E-state index contributed by atoms with van der Waals surface area (Å²) in [6, 6.07) is 11.1. The van der Waals surface area contributed by atoms with Gasteiger partial charge in [-0.25, -0.2) is 13.4 Å². The third-order valence-corrected chi connectivity index (χ3v) is 6.14. The molecule has 2 aromatic heterocycles. The van der Waals surface area contributed by atoms with Crippen LogP contribution in [0.1, 0.15) is 16.8 Å². The number of carbonyl (C=O) groups excluding carboxylic acids is 1.